The molecule has 0 bridgehead atoms. The maximum Gasteiger partial charge on any atom is 0.256 e. The predicted molar refractivity (Wildman–Crippen MR) is 73.2 cm³/mol. The molecule has 1 saturated heterocycles. The highest BCUT2D eigenvalue weighted by molar-refractivity contribution is 6.34. The van der Waals surface area contributed by atoms with Gasteiger partial charge in [0.1, 0.15) is 10.3 Å². The average molecular weight is 287 g/mol. The molecule has 0 N–H and O–H groups in total. The molecular formula is C13H16Cl2N2O. The maximum atomic E-state index is 12.3. The normalized spacial score (nSPS) is 20.6. The molecule has 3 nitrogen and oxygen atoms in total. The molecule has 1 aromatic heterocycles. The van der Waals surface area contributed by atoms with Gasteiger partial charge in [0.05, 0.1) is 5.56 Å². The predicted octanol–water partition coefficient (Wildman–Crippen LogP) is 3.65. The summed E-state index contributed by atoms with van der Waals surface area (Å²) < 4.78 is 0. The monoisotopic (exact) mass is 286 g/mol. The summed E-state index contributed by atoms with van der Waals surface area (Å²) in [6.45, 7) is 3.81. The third kappa shape index (κ3) is 3.15. The first-order chi connectivity index (χ1) is 8.58. The molecule has 1 atom stereocenters. The van der Waals surface area contributed by atoms with Gasteiger partial charge in [-0.3, -0.25) is 4.79 Å². The number of carbonyl (C=O) groups is 1. The molecule has 0 spiro atoms. The Morgan fingerprint density at radius 1 is 1.33 bits per heavy atom. The Balaban J connectivity index is 2.15. The summed E-state index contributed by atoms with van der Waals surface area (Å²) in [5, 5.41) is 0.492. The van der Waals surface area contributed by atoms with Crippen molar-refractivity contribution in [3.8, 4) is 0 Å². The number of halogens is 2. The minimum atomic E-state index is -0.0433. The van der Waals surface area contributed by atoms with Crippen LogP contribution < -0.4 is 0 Å². The molecule has 1 fully saturated rings. The van der Waals surface area contributed by atoms with E-state index in [9.17, 15) is 4.79 Å². The summed E-state index contributed by atoms with van der Waals surface area (Å²) in [5.41, 5.74) is 0.440. The molecule has 1 aliphatic rings. The lowest BCUT2D eigenvalue weighted by Crippen LogP contribution is -2.32. The topological polar surface area (TPSA) is 33.2 Å². The van der Waals surface area contributed by atoms with Crippen LogP contribution in [0, 0.1) is 5.92 Å². The van der Waals surface area contributed by atoms with Gasteiger partial charge in [-0.05, 0) is 37.3 Å². The molecule has 1 unspecified atom stereocenters. The fraction of sp³-hybridized carbons (Fsp3) is 0.538. The van der Waals surface area contributed by atoms with Crippen LogP contribution in [0.2, 0.25) is 10.3 Å². The zero-order valence-corrected chi connectivity index (χ0v) is 11.8. The Hall–Kier alpha value is -0.800. The number of pyridine rings is 1. The lowest BCUT2D eigenvalue weighted by atomic mass is 10.0. The fourth-order valence-corrected chi connectivity index (χ4v) is 2.63. The van der Waals surface area contributed by atoms with Crippen LogP contribution in [0.5, 0.6) is 0 Å². The van der Waals surface area contributed by atoms with Crippen LogP contribution in [0.25, 0.3) is 0 Å². The van der Waals surface area contributed by atoms with Crippen LogP contribution in [-0.2, 0) is 0 Å². The second-order valence-electron chi connectivity index (χ2n) is 4.80. The van der Waals surface area contributed by atoms with Gasteiger partial charge < -0.3 is 4.90 Å². The quantitative estimate of drug-likeness (QED) is 0.739. The molecule has 18 heavy (non-hydrogen) atoms. The van der Waals surface area contributed by atoms with Crippen molar-refractivity contribution in [3.05, 3.63) is 28.0 Å². The average Bonchev–Trinajstić information content (AvgIpc) is 2.53. The number of amides is 1. The van der Waals surface area contributed by atoms with E-state index in [0.29, 0.717) is 16.6 Å². The minimum Gasteiger partial charge on any atom is -0.339 e. The molecule has 1 aromatic rings. The van der Waals surface area contributed by atoms with Crippen molar-refractivity contribution in [3.63, 3.8) is 0 Å². The summed E-state index contributed by atoms with van der Waals surface area (Å²) in [6.07, 6.45) is 3.27. The molecule has 0 radical (unpaired) electrons. The van der Waals surface area contributed by atoms with Gasteiger partial charge in [0.25, 0.3) is 5.91 Å². The van der Waals surface area contributed by atoms with Gasteiger partial charge in [0.15, 0.2) is 0 Å². The van der Waals surface area contributed by atoms with E-state index < -0.39 is 0 Å². The van der Waals surface area contributed by atoms with E-state index in [1.165, 1.54) is 6.42 Å². The first-order valence-corrected chi connectivity index (χ1v) is 6.95. The summed E-state index contributed by atoms with van der Waals surface area (Å²) in [7, 11) is 0. The molecule has 2 rings (SSSR count). The van der Waals surface area contributed by atoms with Crippen molar-refractivity contribution < 1.29 is 4.79 Å². The molecule has 5 heteroatoms. The highest BCUT2D eigenvalue weighted by Gasteiger charge is 2.22. The van der Waals surface area contributed by atoms with E-state index in [-0.39, 0.29) is 11.1 Å². The van der Waals surface area contributed by atoms with Gasteiger partial charge in [-0.1, -0.05) is 30.1 Å². The Kier molecular flexibility index (Phi) is 4.46. The zero-order valence-electron chi connectivity index (χ0n) is 10.3. The van der Waals surface area contributed by atoms with Crippen LogP contribution in [0.3, 0.4) is 0 Å². The van der Waals surface area contributed by atoms with Crippen molar-refractivity contribution in [1.29, 1.82) is 0 Å². The molecule has 1 amide bonds. The number of aromatic nitrogens is 1. The van der Waals surface area contributed by atoms with E-state index in [1.54, 1.807) is 12.1 Å². The Morgan fingerprint density at radius 3 is 2.83 bits per heavy atom. The summed E-state index contributed by atoms with van der Waals surface area (Å²) >= 11 is 11.7. The highest BCUT2D eigenvalue weighted by atomic mass is 35.5. The largest absolute Gasteiger partial charge is 0.339 e. The van der Waals surface area contributed by atoms with Crippen molar-refractivity contribution in [2.24, 2.45) is 5.92 Å². The molecule has 1 aliphatic heterocycles. The number of hydrogen-bond acceptors (Lipinski definition) is 2. The third-order valence-corrected chi connectivity index (χ3v) is 3.85. The molecular weight excluding hydrogens is 271 g/mol. The Labute approximate surface area is 117 Å². The second-order valence-corrected chi connectivity index (χ2v) is 5.55. The van der Waals surface area contributed by atoms with Gasteiger partial charge in [-0.2, -0.15) is 0 Å². The minimum absolute atomic E-state index is 0.0433. The van der Waals surface area contributed by atoms with E-state index in [2.05, 4.69) is 11.9 Å². The SMILES string of the molecule is CC1CCCN(C(=O)c2ccc(Cl)nc2Cl)CC1. The molecule has 2 heterocycles. The van der Waals surface area contributed by atoms with E-state index in [0.717, 1.165) is 25.9 Å². The van der Waals surface area contributed by atoms with Crippen LogP contribution in [0.4, 0.5) is 0 Å². The second kappa shape index (κ2) is 5.89. The van der Waals surface area contributed by atoms with Crippen LogP contribution in [0.15, 0.2) is 12.1 Å². The molecule has 0 aliphatic carbocycles. The van der Waals surface area contributed by atoms with Gasteiger partial charge in [-0.25, -0.2) is 4.98 Å². The number of hydrogen-bond donors (Lipinski definition) is 0. The van der Waals surface area contributed by atoms with Crippen molar-refractivity contribution in [2.45, 2.75) is 26.2 Å². The summed E-state index contributed by atoms with van der Waals surface area (Å²) in [6, 6.07) is 3.25. The Bertz CT molecular complexity index is 451. The standard InChI is InChI=1S/C13H16Cl2N2O/c1-9-3-2-7-17(8-6-9)13(18)10-4-5-11(14)16-12(10)15/h4-5,9H,2-3,6-8H2,1H3. The van der Waals surface area contributed by atoms with Gasteiger partial charge >= 0.3 is 0 Å². The Morgan fingerprint density at radius 2 is 2.11 bits per heavy atom. The van der Waals surface area contributed by atoms with Crippen molar-refractivity contribution >= 4 is 29.1 Å². The van der Waals surface area contributed by atoms with Crippen LogP contribution in [0.1, 0.15) is 36.5 Å². The fourth-order valence-electron chi connectivity index (χ4n) is 2.21. The molecule has 98 valence electrons. The van der Waals surface area contributed by atoms with Crippen LogP contribution in [-0.4, -0.2) is 28.9 Å². The van der Waals surface area contributed by atoms with Gasteiger partial charge in [-0.15, -0.1) is 0 Å². The number of likely N-dealkylation sites (tertiary alicyclic amines) is 1. The summed E-state index contributed by atoms with van der Waals surface area (Å²) in [5.74, 6) is 0.639. The third-order valence-electron chi connectivity index (χ3n) is 3.35. The van der Waals surface area contributed by atoms with Crippen molar-refractivity contribution in [1.82, 2.24) is 9.88 Å². The molecule has 0 saturated carbocycles. The van der Waals surface area contributed by atoms with E-state index in [1.807, 2.05) is 4.90 Å². The highest BCUT2D eigenvalue weighted by Crippen LogP contribution is 2.22. The lowest BCUT2D eigenvalue weighted by molar-refractivity contribution is 0.0760. The van der Waals surface area contributed by atoms with Crippen LogP contribution >= 0.6 is 23.2 Å². The number of carbonyl (C=O) groups excluding carboxylic acids is 1. The first-order valence-electron chi connectivity index (χ1n) is 6.19. The smallest absolute Gasteiger partial charge is 0.256 e. The van der Waals surface area contributed by atoms with E-state index in [4.69, 9.17) is 23.2 Å². The van der Waals surface area contributed by atoms with E-state index >= 15 is 0 Å². The number of rotatable bonds is 1. The zero-order chi connectivity index (χ0) is 13.1. The maximum absolute atomic E-state index is 12.3. The van der Waals surface area contributed by atoms with Crippen molar-refractivity contribution in [2.75, 3.05) is 13.1 Å². The van der Waals surface area contributed by atoms with Gasteiger partial charge in [0, 0.05) is 13.1 Å². The molecule has 0 aromatic carbocycles. The summed E-state index contributed by atoms with van der Waals surface area (Å²) in [4.78, 5) is 18.1. The van der Waals surface area contributed by atoms with Gasteiger partial charge in [0.2, 0.25) is 0 Å². The number of nitrogens with zero attached hydrogens (tertiary/aromatic N) is 2. The lowest BCUT2D eigenvalue weighted by Gasteiger charge is -2.20. The first kappa shape index (κ1) is 13.6.